The standard InChI is InChI=1S/C9H12N2O2/c1-6(9(12)13)8-5-7-3-2-4-11(7)10-8/h5-6H,2-4H2,1H3,(H,12,13). The van der Waals surface area contributed by atoms with E-state index < -0.39 is 11.9 Å². The zero-order chi connectivity index (χ0) is 9.42. The van der Waals surface area contributed by atoms with Crippen LogP contribution in [0.25, 0.3) is 0 Å². The molecule has 0 saturated heterocycles. The second kappa shape index (κ2) is 2.87. The molecule has 1 aromatic heterocycles. The molecule has 4 nitrogen and oxygen atoms in total. The lowest BCUT2D eigenvalue weighted by atomic mass is 10.1. The topological polar surface area (TPSA) is 55.1 Å². The molecule has 0 aromatic carbocycles. The minimum atomic E-state index is -0.809. The summed E-state index contributed by atoms with van der Waals surface area (Å²) in [5, 5.41) is 13.0. The third-order valence-electron chi connectivity index (χ3n) is 2.50. The minimum absolute atomic E-state index is 0.488. The summed E-state index contributed by atoms with van der Waals surface area (Å²) in [5.41, 5.74) is 1.85. The Hall–Kier alpha value is -1.32. The molecule has 1 aliphatic rings. The van der Waals surface area contributed by atoms with Gasteiger partial charge in [0.05, 0.1) is 11.6 Å². The Morgan fingerprint density at radius 3 is 3.15 bits per heavy atom. The Balaban J connectivity index is 2.28. The summed E-state index contributed by atoms with van der Waals surface area (Å²) in [7, 11) is 0. The van der Waals surface area contributed by atoms with Crippen LogP contribution in [0.2, 0.25) is 0 Å². The average Bonchev–Trinajstić information content (AvgIpc) is 2.59. The van der Waals surface area contributed by atoms with Gasteiger partial charge in [-0.05, 0) is 25.8 Å². The summed E-state index contributed by atoms with van der Waals surface area (Å²) in [5.74, 6) is -1.30. The van der Waals surface area contributed by atoms with Crippen molar-refractivity contribution in [2.24, 2.45) is 0 Å². The molecule has 1 unspecified atom stereocenters. The van der Waals surface area contributed by atoms with Gasteiger partial charge in [0.2, 0.25) is 0 Å². The van der Waals surface area contributed by atoms with E-state index in [2.05, 4.69) is 5.10 Å². The highest BCUT2D eigenvalue weighted by molar-refractivity contribution is 5.74. The lowest BCUT2D eigenvalue weighted by molar-refractivity contribution is -0.138. The van der Waals surface area contributed by atoms with E-state index in [0.29, 0.717) is 5.69 Å². The summed E-state index contributed by atoms with van der Waals surface area (Å²) in [6, 6.07) is 1.91. The summed E-state index contributed by atoms with van der Waals surface area (Å²) in [4.78, 5) is 10.7. The Labute approximate surface area is 76.2 Å². The van der Waals surface area contributed by atoms with Gasteiger partial charge in [-0.25, -0.2) is 0 Å². The second-order valence-electron chi connectivity index (χ2n) is 3.45. The fourth-order valence-corrected chi connectivity index (χ4v) is 1.62. The Bertz CT molecular complexity index is 322. The first-order valence-corrected chi connectivity index (χ1v) is 4.48. The van der Waals surface area contributed by atoms with Gasteiger partial charge < -0.3 is 5.11 Å². The van der Waals surface area contributed by atoms with Crippen LogP contribution in [0.1, 0.15) is 30.7 Å². The number of aliphatic carboxylic acids is 1. The van der Waals surface area contributed by atoms with Crippen LogP contribution >= 0.6 is 0 Å². The van der Waals surface area contributed by atoms with Crippen LogP contribution in [0.3, 0.4) is 0 Å². The van der Waals surface area contributed by atoms with E-state index in [1.54, 1.807) is 6.92 Å². The van der Waals surface area contributed by atoms with E-state index in [-0.39, 0.29) is 0 Å². The number of hydrogen-bond acceptors (Lipinski definition) is 2. The molecule has 70 valence electrons. The molecule has 2 heterocycles. The van der Waals surface area contributed by atoms with Crippen LogP contribution in [-0.4, -0.2) is 20.9 Å². The van der Waals surface area contributed by atoms with Crippen molar-refractivity contribution in [3.8, 4) is 0 Å². The number of hydrogen-bond donors (Lipinski definition) is 1. The van der Waals surface area contributed by atoms with Crippen molar-refractivity contribution in [1.82, 2.24) is 9.78 Å². The number of carbonyl (C=O) groups is 1. The maximum absolute atomic E-state index is 10.7. The lowest BCUT2D eigenvalue weighted by Crippen LogP contribution is -2.08. The summed E-state index contributed by atoms with van der Waals surface area (Å²) in [6.07, 6.45) is 2.16. The van der Waals surface area contributed by atoms with Gasteiger partial charge >= 0.3 is 5.97 Å². The highest BCUT2D eigenvalue weighted by Gasteiger charge is 2.20. The third kappa shape index (κ3) is 1.32. The maximum atomic E-state index is 10.7. The van der Waals surface area contributed by atoms with E-state index in [4.69, 9.17) is 5.11 Å². The molecule has 1 aliphatic heterocycles. The normalized spacial score (nSPS) is 17.0. The fraction of sp³-hybridized carbons (Fsp3) is 0.556. The molecule has 13 heavy (non-hydrogen) atoms. The van der Waals surface area contributed by atoms with E-state index in [0.717, 1.165) is 19.4 Å². The number of aryl methyl sites for hydroxylation is 2. The highest BCUT2D eigenvalue weighted by Crippen LogP contribution is 2.20. The smallest absolute Gasteiger partial charge is 0.312 e. The monoisotopic (exact) mass is 180 g/mol. The van der Waals surface area contributed by atoms with Crippen LogP contribution in [0, 0.1) is 0 Å². The molecule has 0 bridgehead atoms. The number of carboxylic acids is 1. The minimum Gasteiger partial charge on any atom is -0.481 e. The molecule has 1 atom stereocenters. The summed E-state index contributed by atoms with van der Waals surface area (Å²) in [6.45, 7) is 2.60. The Morgan fingerprint density at radius 1 is 1.77 bits per heavy atom. The van der Waals surface area contributed by atoms with Crippen LogP contribution in [0.15, 0.2) is 6.07 Å². The van der Waals surface area contributed by atoms with Crippen molar-refractivity contribution < 1.29 is 9.90 Å². The number of carboxylic acid groups (broad SMARTS) is 1. The van der Waals surface area contributed by atoms with Gasteiger partial charge in [-0.1, -0.05) is 0 Å². The van der Waals surface area contributed by atoms with E-state index in [1.807, 2.05) is 10.7 Å². The molecule has 0 aliphatic carbocycles. The number of fused-ring (bicyclic) bond motifs is 1. The maximum Gasteiger partial charge on any atom is 0.312 e. The second-order valence-corrected chi connectivity index (χ2v) is 3.45. The molecule has 1 aromatic rings. The SMILES string of the molecule is CC(C(=O)O)c1cc2n(n1)CCC2. The van der Waals surface area contributed by atoms with Gasteiger partial charge in [-0.2, -0.15) is 5.10 Å². The largest absolute Gasteiger partial charge is 0.481 e. The van der Waals surface area contributed by atoms with Crippen molar-refractivity contribution >= 4 is 5.97 Å². The molecule has 2 rings (SSSR count). The van der Waals surface area contributed by atoms with Crippen molar-refractivity contribution in [1.29, 1.82) is 0 Å². The number of nitrogens with zero attached hydrogens (tertiary/aromatic N) is 2. The Kier molecular flexibility index (Phi) is 1.83. The Morgan fingerprint density at radius 2 is 2.54 bits per heavy atom. The van der Waals surface area contributed by atoms with Crippen LogP contribution in [0.4, 0.5) is 0 Å². The molecular weight excluding hydrogens is 168 g/mol. The zero-order valence-electron chi connectivity index (χ0n) is 7.53. The van der Waals surface area contributed by atoms with E-state index in [9.17, 15) is 4.79 Å². The summed E-state index contributed by atoms with van der Waals surface area (Å²) < 4.78 is 1.91. The van der Waals surface area contributed by atoms with Crippen molar-refractivity contribution in [2.75, 3.05) is 0 Å². The van der Waals surface area contributed by atoms with Gasteiger partial charge in [0, 0.05) is 12.2 Å². The average molecular weight is 180 g/mol. The summed E-state index contributed by atoms with van der Waals surface area (Å²) >= 11 is 0. The van der Waals surface area contributed by atoms with Gasteiger partial charge in [0.1, 0.15) is 0 Å². The molecule has 0 spiro atoms. The van der Waals surface area contributed by atoms with Crippen LogP contribution < -0.4 is 0 Å². The molecular formula is C9H12N2O2. The zero-order valence-corrected chi connectivity index (χ0v) is 7.53. The van der Waals surface area contributed by atoms with E-state index in [1.165, 1.54) is 5.69 Å². The molecule has 1 N–H and O–H groups in total. The lowest BCUT2D eigenvalue weighted by Gasteiger charge is -2.00. The van der Waals surface area contributed by atoms with Gasteiger partial charge in [-0.3, -0.25) is 9.48 Å². The number of rotatable bonds is 2. The first-order chi connectivity index (χ1) is 6.18. The van der Waals surface area contributed by atoms with Crippen molar-refractivity contribution in [3.05, 3.63) is 17.5 Å². The molecule has 0 amide bonds. The first-order valence-electron chi connectivity index (χ1n) is 4.48. The highest BCUT2D eigenvalue weighted by atomic mass is 16.4. The quantitative estimate of drug-likeness (QED) is 0.739. The third-order valence-corrected chi connectivity index (χ3v) is 2.50. The molecule has 0 fully saturated rings. The van der Waals surface area contributed by atoms with Gasteiger partial charge in [0.15, 0.2) is 0 Å². The molecule has 0 radical (unpaired) electrons. The number of aromatic nitrogens is 2. The molecule has 0 saturated carbocycles. The van der Waals surface area contributed by atoms with Crippen molar-refractivity contribution in [3.63, 3.8) is 0 Å². The van der Waals surface area contributed by atoms with Gasteiger partial charge in [0.25, 0.3) is 0 Å². The molecule has 4 heteroatoms. The first kappa shape index (κ1) is 8.29. The van der Waals surface area contributed by atoms with Crippen molar-refractivity contribution in [2.45, 2.75) is 32.2 Å². The van der Waals surface area contributed by atoms with E-state index >= 15 is 0 Å². The predicted octanol–water partition coefficient (Wildman–Crippen LogP) is 1.02. The fourth-order valence-electron chi connectivity index (χ4n) is 1.62. The van der Waals surface area contributed by atoms with Crippen LogP contribution in [0.5, 0.6) is 0 Å². The van der Waals surface area contributed by atoms with Crippen LogP contribution in [-0.2, 0) is 17.8 Å². The predicted molar refractivity (Wildman–Crippen MR) is 46.6 cm³/mol. The van der Waals surface area contributed by atoms with Gasteiger partial charge in [-0.15, -0.1) is 0 Å².